The molecule has 0 spiro atoms. The van der Waals surface area contributed by atoms with Crippen LogP contribution in [0, 0.1) is 0 Å². The van der Waals surface area contributed by atoms with Gasteiger partial charge in [-0.25, -0.2) is 4.79 Å². The molecular weight excluding hydrogens is 512 g/mol. The maximum absolute atomic E-state index is 13.1. The summed E-state index contributed by atoms with van der Waals surface area (Å²) in [4.78, 5) is 65.2. The number of rotatable bonds is 17. The second kappa shape index (κ2) is 16.6. The molecule has 0 aromatic heterocycles. The first-order valence-corrected chi connectivity index (χ1v) is 12.3. The van der Waals surface area contributed by atoms with Crippen molar-refractivity contribution in [3.63, 3.8) is 0 Å². The van der Waals surface area contributed by atoms with Crippen molar-refractivity contribution in [1.29, 1.82) is 0 Å². The maximum atomic E-state index is 13.1. The van der Waals surface area contributed by atoms with Gasteiger partial charge in [0.1, 0.15) is 18.1 Å². The van der Waals surface area contributed by atoms with Crippen molar-refractivity contribution >= 4 is 35.6 Å². The number of nitrogens with two attached hydrogens (primary N) is 4. The molecule has 1 aromatic carbocycles. The number of carbonyl (C=O) groups excluding carboxylic acids is 4. The number of carbonyl (C=O) groups is 5. The number of aliphatic hydroxyl groups is 1. The Kier molecular flexibility index (Phi) is 13.9. The van der Waals surface area contributed by atoms with E-state index in [2.05, 4.69) is 20.9 Å². The van der Waals surface area contributed by atoms with Crippen molar-refractivity contribution in [1.82, 2.24) is 16.0 Å². The number of aliphatic carboxylic acids is 1. The third-order valence-electron chi connectivity index (χ3n) is 5.58. The molecule has 13 N–H and O–H groups in total. The summed E-state index contributed by atoms with van der Waals surface area (Å²) in [5.74, 6) is -4.70. The van der Waals surface area contributed by atoms with E-state index in [9.17, 15) is 34.2 Å². The highest BCUT2D eigenvalue weighted by molar-refractivity contribution is 5.94. The summed E-state index contributed by atoms with van der Waals surface area (Å²) in [5, 5.41) is 26.8. The summed E-state index contributed by atoms with van der Waals surface area (Å²) < 4.78 is 0. The zero-order valence-corrected chi connectivity index (χ0v) is 21.7. The molecule has 0 aliphatic carbocycles. The Hall–Kier alpha value is -4.24. The van der Waals surface area contributed by atoms with Crippen LogP contribution in [0.3, 0.4) is 0 Å². The Balaban J connectivity index is 3.01. The van der Waals surface area contributed by atoms with E-state index in [1.54, 1.807) is 30.3 Å². The minimum atomic E-state index is -1.47. The highest BCUT2D eigenvalue weighted by atomic mass is 16.4. The van der Waals surface area contributed by atoms with Gasteiger partial charge in [0.25, 0.3) is 0 Å². The maximum Gasteiger partial charge on any atom is 0.326 e. The van der Waals surface area contributed by atoms with E-state index >= 15 is 0 Å². The minimum Gasteiger partial charge on any atom is -0.480 e. The van der Waals surface area contributed by atoms with Gasteiger partial charge in [0, 0.05) is 19.4 Å². The van der Waals surface area contributed by atoms with Gasteiger partial charge in [0.05, 0.1) is 12.1 Å². The molecular formula is C24H38N8O7. The Bertz CT molecular complexity index is 1010. The number of hydrogen-bond donors (Lipinski definition) is 9. The van der Waals surface area contributed by atoms with Gasteiger partial charge in [-0.2, -0.15) is 0 Å². The van der Waals surface area contributed by atoms with E-state index in [4.69, 9.17) is 22.9 Å². The van der Waals surface area contributed by atoms with Crippen LogP contribution in [0.1, 0.15) is 38.2 Å². The van der Waals surface area contributed by atoms with Crippen molar-refractivity contribution in [2.75, 3.05) is 6.54 Å². The first-order chi connectivity index (χ1) is 18.3. The summed E-state index contributed by atoms with van der Waals surface area (Å²) in [7, 11) is 0. The van der Waals surface area contributed by atoms with E-state index in [0.29, 0.717) is 12.0 Å². The summed E-state index contributed by atoms with van der Waals surface area (Å²) in [5.41, 5.74) is 22.1. The number of benzene rings is 1. The fraction of sp³-hybridized carbons (Fsp3) is 0.500. The molecule has 0 aliphatic heterocycles. The van der Waals surface area contributed by atoms with Crippen molar-refractivity contribution in [3.8, 4) is 0 Å². The smallest absolute Gasteiger partial charge is 0.326 e. The zero-order chi connectivity index (χ0) is 29.5. The van der Waals surface area contributed by atoms with E-state index in [0.717, 1.165) is 0 Å². The minimum absolute atomic E-state index is 0.0364. The normalized spacial score (nSPS) is 14.5. The number of amides is 4. The van der Waals surface area contributed by atoms with Crippen molar-refractivity contribution in [2.24, 2.45) is 27.9 Å². The van der Waals surface area contributed by atoms with E-state index in [1.807, 2.05) is 0 Å². The molecule has 4 amide bonds. The molecule has 0 radical (unpaired) electrons. The van der Waals surface area contributed by atoms with Gasteiger partial charge in [-0.15, -0.1) is 0 Å². The molecule has 5 atom stereocenters. The molecule has 216 valence electrons. The Morgan fingerprint density at radius 2 is 1.51 bits per heavy atom. The molecule has 0 heterocycles. The molecule has 5 unspecified atom stereocenters. The molecule has 0 saturated heterocycles. The number of nitrogens with zero attached hydrogens (tertiary/aromatic N) is 1. The first-order valence-electron chi connectivity index (χ1n) is 12.3. The standard InChI is InChI=1S/C24H38N8O7/c1-13(33)19(32-20(35)15(25)8-5-11-29-24(27)28)22(37)31-17(12-14-6-3-2-4-7-14)21(36)30-16(23(38)39)9-10-18(26)34/h2-4,6-7,13,15-17,19,33H,5,8-12,25H2,1H3,(H2,26,34)(H,30,36)(H,31,37)(H,32,35)(H,38,39)(H4,27,28,29). The van der Waals surface area contributed by atoms with Gasteiger partial charge >= 0.3 is 5.97 Å². The van der Waals surface area contributed by atoms with E-state index in [1.165, 1.54) is 6.92 Å². The number of hydrogen-bond acceptors (Lipinski definition) is 8. The molecule has 0 aliphatic rings. The van der Waals surface area contributed by atoms with Crippen LogP contribution in [0.5, 0.6) is 0 Å². The fourth-order valence-corrected chi connectivity index (χ4v) is 3.45. The van der Waals surface area contributed by atoms with Crippen LogP contribution in [0.4, 0.5) is 0 Å². The quantitative estimate of drug-likeness (QED) is 0.0531. The molecule has 0 fully saturated rings. The van der Waals surface area contributed by atoms with Gasteiger partial charge in [-0.1, -0.05) is 30.3 Å². The third kappa shape index (κ3) is 12.7. The fourth-order valence-electron chi connectivity index (χ4n) is 3.45. The van der Waals surface area contributed by atoms with Crippen LogP contribution in [0.25, 0.3) is 0 Å². The zero-order valence-electron chi connectivity index (χ0n) is 21.7. The Morgan fingerprint density at radius 1 is 0.897 bits per heavy atom. The van der Waals surface area contributed by atoms with Gasteiger partial charge < -0.3 is 49.1 Å². The van der Waals surface area contributed by atoms with Gasteiger partial charge in [0.15, 0.2) is 5.96 Å². The molecule has 15 nitrogen and oxygen atoms in total. The van der Waals surface area contributed by atoms with Crippen LogP contribution < -0.4 is 38.9 Å². The summed E-state index contributed by atoms with van der Waals surface area (Å²) in [6.45, 7) is 1.52. The van der Waals surface area contributed by atoms with Gasteiger partial charge in [-0.3, -0.25) is 24.2 Å². The number of carboxylic acid groups (broad SMARTS) is 1. The van der Waals surface area contributed by atoms with Crippen LogP contribution in [0.15, 0.2) is 35.3 Å². The van der Waals surface area contributed by atoms with Crippen LogP contribution >= 0.6 is 0 Å². The average Bonchev–Trinajstić information content (AvgIpc) is 2.86. The topological polar surface area (TPSA) is 278 Å². The molecule has 1 rings (SSSR count). The highest BCUT2D eigenvalue weighted by Gasteiger charge is 2.32. The second-order valence-electron chi connectivity index (χ2n) is 8.94. The number of nitrogens with one attached hydrogen (secondary N) is 3. The van der Waals surface area contributed by atoms with Crippen molar-refractivity contribution in [3.05, 3.63) is 35.9 Å². The van der Waals surface area contributed by atoms with Crippen LogP contribution in [-0.2, 0) is 30.4 Å². The summed E-state index contributed by atoms with van der Waals surface area (Å²) in [6.07, 6.45) is -1.36. The number of aliphatic imine (C=N–C) groups is 1. The second-order valence-corrected chi connectivity index (χ2v) is 8.94. The average molecular weight is 551 g/mol. The lowest BCUT2D eigenvalue weighted by Gasteiger charge is -2.26. The third-order valence-corrected chi connectivity index (χ3v) is 5.58. The van der Waals surface area contributed by atoms with Gasteiger partial charge in [-0.05, 0) is 31.7 Å². The van der Waals surface area contributed by atoms with E-state index in [-0.39, 0.29) is 38.2 Å². The molecule has 1 aromatic rings. The Labute approximate surface area is 225 Å². The van der Waals surface area contributed by atoms with Crippen molar-refractivity contribution < 1.29 is 34.2 Å². The lowest BCUT2D eigenvalue weighted by atomic mass is 10.0. The predicted molar refractivity (Wildman–Crippen MR) is 142 cm³/mol. The van der Waals surface area contributed by atoms with E-state index < -0.39 is 59.9 Å². The van der Waals surface area contributed by atoms with Crippen molar-refractivity contribution in [2.45, 2.75) is 69.3 Å². The lowest BCUT2D eigenvalue weighted by molar-refractivity contribution is -0.142. The molecule has 0 saturated carbocycles. The lowest BCUT2D eigenvalue weighted by Crippen LogP contribution is -2.60. The monoisotopic (exact) mass is 550 g/mol. The Morgan fingerprint density at radius 3 is 2.05 bits per heavy atom. The van der Waals surface area contributed by atoms with Crippen LogP contribution in [0.2, 0.25) is 0 Å². The number of guanidine groups is 1. The SMILES string of the molecule is CC(O)C(NC(=O)C(N)CCCN=C(N)N)C(=O)NC(Cc1ccccc1)C(=O)NC(CCC(N)=O)C(=O)O. The van der Waals surface area contributed by atoms with Gasteiger partial charge in [0.2, 0.25) is 23.6 Å². The number of carboxylic acids is 1. The largest absolute Gasteiger partial charge is 0.480 e. The molecule has 15 heteroatoms. The predicted octanol–water partition coefficient (Wildman–Crippen LogP) is -3.20. The molecule has 39 heavy (non-hydrogen) atoms. The number of aliphatic hydroxyl groups excluding tert-OH is 1. The highest BCUT2D eigenvalue weighted by Crippen LogP contribution is 2.07. The van der Waals surface area contributed by atoms with Crippen LogP contribution in [-0.4, -0.2) is 82.6 Å². The molecule has 0 bridgehead atoms. The first kappa shape index (κ1) is 32.8. The summed E-state index contributed by atoms with van der Waals surface area (Å²) >= 11 is 0. The summed E-state index contributed by atoms with van der Waals surface area (Å²) in [6, 6.07) is 3.34. The number of primary amides is 1.